The molecule has 2 fully saturated rings. The number of carbonyl (C=O) groups is 1. The molecule has 2 unspecified atom stereocenters. The molecule has 0 amide bonds. The number of likely N-dealkylation sites (tertiary alicyclic amines) is 1. The molecule has 3 heterocycles. The van der Waals surface area contributed by atoms with E-state index in [2.05, 4.69) is 35.9 Å². The van der Waals surface area contributed by atoms with Crippen LogP contribution in [0.4, 0.5) is 0 Å². The summed E-state index contributed by atoms with van der Waals surface area (Å²) in [5.74, 6) is -0.883. The average molecular weight is 405 g/mol. The van der Waals surface area contributed by atoms with Gasteiger partial charge in [-0.3, -0.25) is 4.90 Å². The molecule has 5 rings (SSSR count). The molecular weight excluding hydrogens is 376 g/mol. The molecule has 2 aliphatic heterocycles. The van der Waals surface area contributed by atoms with Crippen molar-refractivity contribution in [3.05, 3.63) is 70.4 Å². The summed E-state index contributed by atoms with van der Waals surface area (Å²) >= 11 is 0. The first-order valence-corrected chi connectivity index (χ1v) is 10.7. The number of aromatic nitrogens is 1. The number of carboxylic acid groups (broad SMARTS) is 1. The number of nitrogens with zero attached hydrogens (tertiary/aromatic N) is 1. The van der Waals surface area contributed by atoms with Crippen molar-refractivity contribution in [2.75, 3.05) is 13.2 Å². The standard InChI is InChI=1S/C25H28N2O3/c1-16-13-17(2)23-20(7-10-26-23)21(16)15-27-11-8-25(9-12-30-25)14-22(27)18-3-5-19(6-4-18)24(28)29/h3-7,10,13,22,26H,8-9,11-12,14-15H2,1-2H3,(H,28,29). The lowest BCUT2D eigenvalue weighted by Crippen LogP contribution is -2.53. The number of aromatic amines is 1. The van der Waals surface area contributed by atoms with Gasteiger partial charge in [0.1, 0.15) is 0 Å². The van der Waals surface area contributed by atoms with Crippen LogP contribution in [0.2, 0.25) is 0 Å². The molecular formula is C25H28N2O3. The number of ether oxygens (including phenoxy) is 1. The first-order valence-electron chi connectivity index (χ1n) is 10.7. The fourth-order valence-corrected chi connectivity index (χ4v) is 5.26. The van der Waals surface area contributed by atoms with E-state index in [1.807, 2.05) is 18.3 Å². The molecule has 5 nitrogen and oxygen atoms in total. The van der Waals surface area contributed by atoms with Crippen molar-refractivity contribution in [1.82, 2.24) is 9.88 Å². The maximum Gasteiger partial charge on any atom is 0.335 e. The van der Waals surface area contributed by atoms with Crippen LogP contribution in [0.5, 0.6) is 0 Å². The van der Waals surface area contributed by atoms with Crippen LogP contribution in [0.3, 0.4) is 0 Å². The molecule has 156 valence electrons. The van der Waals surface area contributed by atoms with Gasteiger partial charge in [-0.2, -0.15) is 0 Å². The second kappa shape index (κ2) is 7.25. The molecule has 0 bridgehead atoms. The van der Waals surface area contributed by atoms with Crippen LogP contribution in [0.15, 0.2) is 42.6 Å². The minimum absolute atomic E-state index is 0.00162. The van der Waals surface area contributed by atoms with Gasteiger partial charge in [0, 0.05) is 36.2 Å². The highest BCUT2D eigenvalue weighted by Gasteiger charge is 2.45. The van der Waals surface area contributed by atoms with Gasteiger partial charge in [0.15, 0.2) is 0 Å². The van der Waals surface area contributed by atoms with E-state index in [0.717, 1.165) is 39.0 Å². The van der Waals surface area contributed by atoms with E-state index < -0.39 is 5.97 Å². The Labute approximate surface area is 176 Å². The van der Waals surface area contributed by atoms with Crippen LogP contribution in [0.25, 0.3) is 10.9 Å². The Hall–Kier alpha value is -2.63. The van der Waals surface area contributed by atoms with E-state index in [-0.39, 0.29) is 11.6 Å². The molecule has 0 aliphatic carbocycles. The molecule has 0 saturated carbocycles. The van der Waals surface area contributed by atoms with Gasteiger partial charge in [0.05, 0.1) is 17.8 Å². The Bertz CT molecular complexity index is 1100. The predicted molar refractivity (Wildman–Crippen MR) is 117 cm³/mol. The highest BCUT2D eigenvalue weighted by molar-refractivity contribution is 5.88. The second-order valence-corrected chi connectivity index (χ2v) is 8.90. The summed E-state index contributed by atoms with van der Waals surface area (Å²) in [6.45, 7) is 7.06. The third-order valence-corrected chi connectivity index (χ3v) is 7.11. The van der Waals surface area contributed by atoms with E-state index in [1.165, 1.54) is 33.2 Å². The monoisotopic (exact) mass is 404 g/mol. The van der Waals surface area contributed by atoms with E-state index in [0.29, 0.717) is 5.56 Å². The SMILES string of the molecule is Cc1cc(C)c2[nH]ccc2c1CN1CCC2(CCO2)CC1c1ccc(C(=O)O)cc1. The van der Waals surface area contributed by atoms with Gasteiger partial charge in [-0.05, 0) is 73.6 Å². The number of aryl methyl sites for hydroxylation is 2. The molecule has 30 heavy (non-hydrogen) atoms. The summed E-state index contributed by atoms with van der Waals surface area (Å²) in [5, 5.41) is 10.6. The average Bonchev–Trinajstić information content (AvgIpc) is 3.20. The van der Waals surface area contributed by atoms with Crippen molar-refractivity contribution in [2.24, 2.45) is 0 Å². The molecule has 0 radical (unpaired) electrons. The highest BCUT2D eigenvalue weighted by Crippen LogP contribution is 2.45. The number of carboxylic acids is 1. The fourth-order valence-electron chi connectivity index (χ4n) is 5.26. The summed E-state index contributed by atoms with van der Waals surface area (Å²) in [6.07, 6.45) is 5.16. The Kier molecular flexibility index (Phi) is 4.68. The van der Waals surface area contributed by atoms with Crippen molar-refractivity contribution in [1.29, 1.82) is 0 Å². The molecule has 2 aliphatic rings. The first-order chi connectivity index (χ1) is 14.5. The molecule has 1 spiro atoms. The molecule has 3 aromatic rings. The molecule has 2 aromatic carbocycles. The highest BCUT2D eigenvalue weighted by atomic mass is 16.5. The Morgan fingerprint density at radius 2 is 1.97 bits per heavy atom. The Morgan fingerprint density at radius 3 is 2.63 bits per heavy atom. The maximum atomic E-state index is 11.3. The predicted octanol–water partition coefficient (Wildman–Crippen LogP) is 4.98. The quantitative estimate of drug-likeness (QED) is 0.644. The number of hydrogen-bond acceptors (Lipinski definition) is 3. The summed E-state index contributed by atoms with van der Waals surface area (Å²) in [7, 11) is 0. The second-order valence-electron chi connectivity index (χ2n) is 8.90. The van der Waals surface area contributed by atoms with Gasteiger partial charge in [0.25, 0.3) is 0 Å². The number of benzene rings is 2. The molecule has 5 heteroatoms. The van der Waals surface area contributed by atoms with Crippen LogP contribution < -0.4 is 0 Å². The summed E-state index contributed by atoms with van der Waals surface area (Å²) in [4.78, 5) is 17.2. The number of aromatic carboxylic acids is 1. The number of fused-ring (bicyclic) bond motifs is 1. The van der Waals surface area contributed by atoms with Crippen LogP contribution in [-0.2, 0) is 11.3 Å². The minimum Gasteiger partial charge on any atom is -0.478 e. The summed E-state index contributed by atoms with van der Waals surface area (Å²) in [5.41, 5.74) is 6.68. The van der Waals surface area contributed by atoms with Gasteiger partial charge in [0.2, 0.25) is 0 Å². The lowest BCUT2D eigenvalue weighted by atomic mass is 9.78. The van der Waals surface area contributed by atoms with Crippen LogP contribution in [-0.4, -0.2) is 39.7 Å². The number of H-pyrrole nitrogens is 1. The van der Waals surface area contributed by atoms with Crippen molar-refractivity contribution >= 4 is 16.9 Å². The lowest BCUT2D eigenvalue weighted by molar-refractivity contribution is -0.185. The minimum atomic E-state index is -0.883. The number of piperidine rings is 1. The Balaban J connectivity index is 1.50. The Morgan fingerprint density at radius 1 is 1.20 bits per heavy atom. The van der Waals surface area contributed by atoms with Crippen molar-refractivity contribution in [3.8, 4) is 0 Å². The fraction of sp³-hybridized carbons (Fsp3) is 0.400. The van der Waals surface area contributed by atoms with Gasteiger partial charge in [-0.15, -0.1) is 0 Å². The zero-order chi connectivity index (χ0) is 20.9. The third kappa shape index (κ3) is 3.22. The number of nitrogens with one attached hydrogen (secondary N) is 1. The molecule has 1 aromatic heterocycles. The van der Waals surface area contributed by atoms with E-state index in [9.17, 15) is 9.90 Å². The number of hydrogen-bond donors (Lipinski definition) is 2. The van der Waals surface area contributed by atoms with Crippen molar-refractivity contribution < 1.29 is 14.6 Å². The molecule has 2 atom stereocenters. The maximum absolute atomic E-state index is 11.3. The van der Waals surface area contributed by atoms with E-state index >= 15 is 0 Å². The van der Waals surface area contributed by atoms with Gasteiger partial charge in [-0.1, -0.05) is 18.2 Å². The van der Waals surface area contributed by atoms with Gasteiger partial charge >= 0.3 is 5.97 Å². The summed E-state index contributed by atoms with van der Waals surface area (Å²) in [6, 6.07) is 12.1. The van der Waals surface area contributed by atoms with Crippen molar-refractivity contribution in [3.63, 3.8) is 0 Å². The topological polar surface area (TPSA) is 65.6 Å². The van der Waals surface area contributed by atoms with E-state index in [1.54, 1.807) is 12.1 Å². The van der Waals surface area contributed by atoms with Crippen molar-refractivity contribution in [2.45, 2.75) is 51.3 Å². The van der Waals surface area contributed by atoms with Gasteiger partial charge < -0.3 is 14.8 Å². The largest absolute Gasteiger partial charge is 0.478 e. The third-order valence-electron chi connectivity index (χ3n) is 7.11. The van der Waals surface area contributed by atoms with Crippen LogP contribution in [0.1, 0.15) is 57.9 Å². The van der Waals surface area contributed by atoms with Crippen LogP contribution >= 0.6 is 0 Å². The zero-order valence-electron chi connectivity index (χ0n) is 17.6. The van der Waals surface area contributed by atoms with E-state index in [4.69, 9.17) is 4.74 Å². The van der Waals surface area contributed by atoms with Crippen LogP contribution in [0, 0.1) is 13.8 Å². The summed E-state index contributed by atoms with van der Waals surface area (Å²) < 4.78 is 6.04. The zero-order valence-corrected chi connectivity index (χ0v) is 17.6. The normalized spacial score (nSPS) is 24.3. The number of rotatable bonds is 4. The molecule has 2 N–H and O–H groups in total. The molecule has 2 saturated heterocycles. The lowest BCUT2D eigenvalue weighted by Gasteiger charge is -2.51. The smallest absolute Gasteiger partial charge is 0.335 e. The first kappa shape index (κ1) is 19.3. The van der Waals surface area contributed by atoms with Gasteiger partial charge in [-0.25, -0.2) is 4.79 Å².